The number of ether oxygens (including phenoxy) is 1. The minimum absolute atomic E-state index is 0.0924. The van der Waals surface area contributed by atoms with Crippen molar-refractivity contribution in [2.45, 2.75) is 33.2 Å². The Hall–Kier alpha value is -1.94. The van der Waals surface area contributed by atoms with Crippen LogP contribution in [0.4, 0.5) is 0 Å². The first-order valence-corrected chi connectivity index (χ1v) is 6.74. The largest absolute Gasteiger partial charge is 0.496 e. The molecule has 1 aromatic heterocycles. The molecule has 0 saturated carbocycles. The molecule has 0 saturated heterocycles. The van der Waals surface area contributed by atoms with Gasteiger partial charge in [0.1, 0.15) is 5.75 Å². The number of methoxy groups -OCH3 is 1. The Bertz CT molecular complexity index is 609. The zero-order valence-corrected chi connectivity index (χ0v) is 12.5. The lowest BCUT2D eigenvalue weighted by Crippen LogP contribution is -2.19. The molecule has 1 heterocycles. The van der Waals surface area contributed by atoms with Gasteiger partial charge in [-0.1, -0.05) is 0 Å². The van der Waals surface area contributed by atoms with E-state index in [1.165, 1.54) is 0 Å². The van der Waals surface area contributed by atoms with Gasteiger partial charge < -0.3 is 10.5 Å². The second-order valence-electron chi connectivity index (χ2n) is 5.19. The molecule has 0 bridgehead atoms. The second kappa shape index (κ2) is 6.01. The molecule has 4 heteroatoms. The number of aryl methyl sites for hydroxylation is 2. The molecule has 4 nitrogen and oxygen atoms in total. The Morgan fingerprint density at radius 2 is 1.95 bits per heavy atom. The van der Waals surface area contributed by atoms with E-state index in [1.54, 1.807) is 7.11 Å². The van der Waals surface area contributed by atoms with Crippen LogP contribution >= 0.6 is 0 Å². The van der Waals surface area contributed by atoms with Gasteiger partial charge in [-0.15, -0.1) is 0 Å². The lowest BCUT2D eigenvalue weighted by molar-refractivity contribution is 0.412. The van der Waals surface area contributed by atoms with Crippen molar-refractivity contribution in [1.82, 2.24) is 9.97 Å². The third kappa shape index (κ3) is 3.33. The summed E-state index contributed by atoms with van der Waals surface area (Å²) in [6, 6.07) is 8.06. The molecule has 2 N–H and O–H groups in total. The molecule has 2 rings (SSSR count). The zero-order valence-electron chi connectivity index (χ0n) is 12.5. The first-order chi connectivity index (χ1) is 9.49. The van der Waals surface area contributed by atoms with Gasteiger partial charge in [0.2, 0.25) is 0 Å². The van der Waals surface area contributed by atoms with Gasteiger partial charge in [-0.25, -0.2) is 9.97 Å². The van der Waals surface area contributed by atoms with Crippen LogP contribution in [0.5, 0.6) is 5.75 Å². The van der Waals surface area contributed by atoms with Crippen LogP contribution in [0, 0.1) is 13.8 Å². The van der Waals surface area contributed by atoms with Gasteiger partial charge in [-0.2, -0.15) is 0 Å². The molecular formula is C16H21N3O. The van der Waals surface area contributed by atoms with Gasteiger partial charge in [0.05, 0.1) is 7.11 Å². The smallest absolute Gasteiger partial charge is 0.159 e. The average Bonchev–Trinajstić information content (AvgIpc) is 2.37. The number of benzene rings is 1. The van der Waals surface area contributed by atoms with Crippen molar-refractivity contribution in [2.75, 3.05) is 7.11 Å². The zero-order chi connectivity index (χ0) is 14.7. The maximum atomic E-state index is 5.85. The lowest BCUT2D eigenvalue weighted by atomic mass is 10.1. The molecule has 0 aliphatic carbocycles. The van der Waals surface area contributed by atoms with E-state index in [4.69, 9.17) is 10.5 Å². The van der Waals surface area contributed by atoms with Crippen LogP contribution in [-0.2, 0) is 6.42 Å². The van der Waals surface area contributed by atoms with Crippen molar-refractivity contribution in [3.05, 3.63) is 41.2 Å². The number of aromatic nitrogens is 2. The third-order valence-corrected chi connectivity index (χ3v) is 3.09. The summed E-state index contributed by atoms with van der Waals surface area (Å²) >= 11 is 0. The van der Waals surface area contributed by atoms with Gasteiger partial charge >= 0.3 is 0 Å². The maximum absolute atomic E-state index is 5.85. The highest BCUT2D eigenvalue weighted by molar-refractivity contribution is 5.59. The summed E-state index contributed by atoms with van der Waals surface area (Å²) in [7, 11) is 1.67. The Kier molecular flexibility index (Phi) is 4.35. The van der Waals surface area contributed by atoms with E-state index in [9.17, 15) is 0 Å². The molecule has 0 spiro atoms. The van der Waals surface area contributed by atoms with Gasteiger partial charge in [0.15, 0.2) is 5.82 Å². The fourth-order valence-corrected chi connectivity index (χ4v) is 2.21. The minimum atomic E-state index is 0.0924. The number of hydrogen-bond donors (Lipinski definition) is 1. The maximum Gasteiger partial charge on any atom is 0.159 e. The first-order valence-electron chi connectivity index (χ1n) is 6.74. The van der Waals surface area contributed by atoms with Crippen molar-refractivity contribution < 1.29 is 4.74 Å². The molecule has 1 aromatic carbocycles. The average molecular weight is 271 g/mol. The standard InChI is InChI=1S/C16H21N3O/c1-10-7-13(5-6-15(10)20-4)16-18-12(3)9-14(19-16)8-11(2)17/h5-7,9,11H,8,17H2,1-4H3. The molecular weight excluding hydrogens is 250 g/mol. The van der Waals surface area contributed by atoms with E-state index < -0.39 is 0 Å². The minimum Gasteiger partial charge on any atom is -0.496 e. The Morgan fingerprint density at radius 1 is 1.20 bits per heavy atom. The quantitative estimate of drug-likeness (QED) is 0.928. The van der Waals surface area contributed by atoms with Crippen LogP contribution in [-0.4, -0.2) is 23.1 Å². The molecule has 1 atom stereocenters. The van der Waals surface area contributed by atoms with Crippen molar-refractivity contribution >= 4 is 0 Å². The Labute approximate surface area is 120 Å². The lowest BCUT2D eigenvalue weighted by Gasteiger charge is -2.10. The molecule has 0 fully saturated rings. The number of hydrogen-bond acceptors (Lipinski definition) is 4. The van der Waals surface area contributed by atoms with Crippen LogP contribution in [0.25, 0.3) is 11.4 Å². The Balaban J connectivity index is 2.41. The Morgan fingerprint density at radius 3 is 2.55 bits per heavy atom. The number of nitrogens with two attached hydrogens (primary N) is 1. The van der Waals surface area contributed by atoms with Crippen LogP contribution < -0.4 is 10.5 Å². The van der Waals surface area contributed by atoms with E-state index >= 15 is 0 Å². The van der Waals surface area contributed by atoms with Crippen LogP contribution in [0.1, 0.15) is 23.9 Å². The summed E-state index contributed by atoms with van der Waals surface area (Å²) in [6.07, 6.45) is 0.755. The predicted octanol–water partition coefficient (Wildman–Crippen LogP) is 2.66. The summed E-state index contributed by atoms with van der Waals surface area (Å²) in [6.45, 7) is 5.97. The molecule has 20 heavy (non-hydrogen) atoms. The van der Waals surface area contributed by atoms with Gasteiger partial charge in [0, 0.05) is 29.4 Å². The summed E-state index contributed by atoms with van der Waals surface area (Å²) in [5.74, 6) is 1.61. The fourth-order valence-electron chi connectivity index (χ4n) is 2.21. The van der Waals surface area contributed by atoms with E-state index in [2.05, 4.69) is 9.97 Å². The van der Waals surface area contributed by atoms with E-state index in [1.807, 2.05) is 45.0 Å². The summed E-state index contributed by atoms with van der Waals surface area (Å²) in [5.41, 5.74) is 9.86. The van der Waals surface area contributed by atoms with Crippen LogP contribution in [0.15, 0.2) is 24.3 Å². The van der Waals surface area contributed by atoms with Crippen LogP contribution in [0.2, 0.25) is 0 Å². The summed E-state index contributed by atoms with van der Waals surface area (Å²) < 4.78 is 5.28. The molecule has 0 aliphatic rings. The highest BCUT2D eigenvalue weighted by Crippen LogP contribution is 2.24. The molecule has 1 unspecified atom stereocenters. The SMILES string of the molecule is COc1ccc(-c2nc(C)cc(CC(C)N)n2)cc1C. The van der Waals surface area contributed by atoms with Crippen molar-refractivity contribution in [3.63, 3.8) is 0 Å². The molecule has 0 amide bonds. The second-order valence-corrected chi connectivity index (χ2v) is 5.19. The molecule has 2 aromatic rings. The fraction of sp³-hybridized carbons (Fsp3) is 0.375. The van der Waals surface area contributed by atoms with Crippen LogP contribution in [0.3, 0.4) is 0 Å². The monoisotopic (exact) mass is 271 g/mol. The van der Waals surface area contributed by atoms with Crippen molar-refractivity contribution in [3.8, 4) is 17.1 Å². The summed E-state index contributed by atoms with van der Waals surface area (Å²) in [4.78, 5) is 9.12. The van der Waals surface area contributed by atoms with Gasteiger partial charge in [0.25, 0.3) is 0 Å². The van der Waals surface area contributed by atoms with Crippen molar-refractivity contribution in [1.29, 1.82) is 0 Å². The van der Waals surface area contributed by atoms with Crippen molar-refractivity contribution in [2.24, 2.45) is 5.73 Å². The van der Waals surface area contributed by atoms with Gasteiger partial charge in [-0.3, -0.25) is 0 Å². The van der Waals surface area contributed by atoms with E-state index in [0.717, 1.165) is 40.5 Å². The summed E-state index contributed by atoms with van der Waals surface area (Å²) in [5, 5.41) is 0. The first kappa shape index (κ1) is 14.5. The highest BCUT2D eigenvalue weighted by Gasteiger charge is 2.08. The highest BCUT2D eigenvalue weighted by atomic mass is 16.5. The number of rotatable bonds is 4. The topological polar surface area (TPSA) is 61.0 Å². The van der Waals surface area contributed by atoms with E-state index in [0.29, 0.717) is 0 Å². The van der Waals surface area contributed by atoms with E-state index in [-0.39, 0.29) is 6.04 Å². The predicted molar refractivity (Wildman–Crippen MR) is 80.8 cm³/mol. The normalized spacial score (nSPS) is 12.2. The molecule has 0 radical (unpaired) electrons. The molecule has 0 aliphatic heterocycles. The van der Waals surface area contributed by atoms with Gasteiger partial charge in [-0.05, 0) is 50.6 Å². The molecule has 106 valence electrons. The number of nitrogens with zero attached hydrogens (tertiary/aromatic N) is 2. The third-order valence-electron chi connectivity index (χ3n) is 3.09.